The predicted octanol–water partition coefficient (Wildman–Crippen LogP) is 0.773. The average molecular weight is 268 g/mol. The molecule has 0 spiro atoms. The fraction of sp³-hybridized carbons (Fsp3) is 0.692. The van der Waals surface area contributed by atoms with Gasteiger partial charge in [0.2, 0.25) is 5.95 Å². The number of carbonyl (C=O) groups is 1. The molecule has 1 rings (SSSR count). The molecule has 1 N–H and O–H groups in total. The summed E-state index contributed by atoms with van der Waals surface area (Å²) in [5, 5.41) is 3.23. The van der Waals surface area contributed by atoms with Crippen molar-refractivity contribution in [3.8, 4) is 0 Å². The van der Waals surface area contributed by atoms with Crippen LogP contribution in [-0.4, -0.2) is 42.8 Å². The highest BCUT2D eigenvalue weighted by molar-refractivity contribution is 5.75. The minimum Gasteiger partial charge on any atom is -0.468 e. The average Bonchev–Trinajstić information content (AvgIpc) is 2.70. The number of hydrogen-bond donors (Lipinski definition) is 1. The number of rotatable bonds is 6. The third kappa shape index (κ3) is 3.70. The lowest BCUT2D eigenvalue weighted by molar-refractivity contribution is -0.144. The molecule has 0 aromatic carbocycles. The standard InChI is InChI=1S/C13H24N4O2/c1-9(2)11(12(18)19-6)14-7-10-8-15-13(16(3)4)17(10)5/h8-9,11,14H,7H2,1-6H3/t11-/m0/s1. The van der Waals surface area contributed by atoms with Crippen molar-refractivity contribution in [1.82, 2.24) is 14.9 Å². The van der Waals surface area contributed by atoms with Crippen LogP contribution in [0.4, 0.5) is 5.95 Å². The maximum Gasteiger partial charge on any atom is 0.323 e. The number of nitrogens with one attached hydrogen (secondary N) is 1. The number of methoxy groups -OCH3 is 1. The van der Waals surface area contributed by atoms with Crippen LogP contribution in [0, 0.1) is 5.92 Å². The number of esters is 1. The minimum atomic E-state index is -0.303. The van der Waals surface area contributed by atoms with Crippen LogP contribution < -0.4 is 10.2 Å². The topological polar surface area (TPSA) is 59.4 Å². The highest BCUT2D eigenvalue weighted by Gasteiger charge is 2.22. The molecule has 1 aromatic rings. The lowest BCUT2D eigenvalue weighted by atomic mass is 10.0. The van der Waals surface area contributed by atoms with Gasteiger partial charge in [0, 0.05) is 27.7 Å². The molecule has 0 unspecified atom stereocenters. The van der Waals surface area contributed by atoms with Crippen LogP contribution in [0.25, 0.3) is 0 Å². The van der Waals surface area contributed by atoms with Gasteiger partial charge in [-0.15, -0.1) is 0 Å². The predicted molar refractivity (Wildman–Crippen MR) is 75.0 cm³/mol. The van der Waals surface area contributed by atoms with Crippen molar-refractivity contribution in [3.05, 3.63) is 11.9 Å². The molecule has 0 amide bonds. The van der Waals surface area contributed by atoms with Crippen LogP contribution in [0.3, 0.4) is 0 Å². The number of anilines is 1. The zero-order valence-electron chi connectivity index (χ0n) is 12.6. The van der Waals surface area contributed by atoms with E-state index in [1.165, 1.54) is 7.11 Å². The molecule has 6 heteroatoms. The van der Waals surface area contributed by atoms with Crippen molar-refractivity contribution in [2.75, 3.05) is 26.1 Å². The molecule has 0 radical (unpaired) electrons. The molecule has 1 heterocycles. The lowest BCUT2D eigenvalue weighted by Gasteiger charge is -2.20. The smallest absolute Gasteiger partial charge is 0.323 e. The summed E-state index contributed by atoms with van der Waals surface area (Å²) in [5.41, 5.74) is 1.03. The Bertz CT molecular complexity index is 426. The molecule has 0 aliphatic carbocycles. The highest BCUT2D eigenvalue weighted by atomic mass is 16.5. The molecular weight excluding hydrogens is 244 g/mol. The van der Waals surface area contributed by atoms with E-state index < -0.39 is 0 Å². The van der Waals surface area contributed by atoms with Crippen LogP contribution in [0.15, 0.2) is 6.20 Å². The molecule has 108 valence electrons. The Morgan fingerprint density at radius 3 is 2.58 bits per heavy atom. The Morgan fingerprint density at radius 1 is 1.53 bits per heavy atom. The van der Waals surface area contributed by atoms with E-state index in [4.69, 9.17) is 4.74 Å². The Kier molecular flexibility index (Phi) is 5.35. The Hall–Kier alpha value is -1.56. The summed E-state index contributed by atoms with van der Waals surface area (Å²) < 4.78 is 6.81. The normalized spacial score (nSPS) is 12.6. The van der Waals surface area contributed by atoms with Gasteiger partial charge in [0.1, 0.15) is 6.04 Å². The van der Waals surface area contributed by atoms with Crippen LogP contribution >= 0.6 is 0 Å². The quantitative estimate of drug-likeness (QED) is 0.772. The molecule has 6 nitrogen and oxygen atoms in total. The maximum atomic E-state index is 11.7. The Morgan fingerprint density at radius 2 is 2.16 bits per heavy atom. The summed E-state index contributed by atoms with van der Waals surface area (Å²) in [4.78, 5) is 17.9. The monoisotopic (exact) mass is 268 g/mol. The number of imidazole rings is 1. The highest BCUT2D eigenvalue weighted by Crippen LogP contribution is 2.12. The first-order chi connectivity index (χ1) is 8.88. The summed E-state index contributed by atoms with van der Waals surface area (Å²) >= 11 is 0. The van der Waals surface area contributed by atoms with Crippen LogP contribution in [0.2, 0.25) is 0 Å². The van der Waals surface area contributed by atoms with Crippen molar-refractivity contribution in [2.45, 2.75) is 26.4 Å². The minimum absolute atomic E-state index is 0.175. The van der Waals surface area contributed by atoms with E-state index in [-0.39, 0.29) is 17.9 Å². The summed E-state index contributed by atoms with van der Waals surface area (Å²) in [6.07, 6.45) is 1.82. The summed E-state index contributed by atoms with van der Waals surface area (Å²) in [7, 11) is 7.27. The lowest BCUT2D eigenvalue weighted by Crippen LogP contribution is -2.41. The molecule has 1 aromatic heterocycles. The number of hydrogen-bond acceptors (Lipinski definition) is 5. The number of ether oxygens (including phenoxy) is 1. The molecule has 19 heavy (non-hydrogen) atoms. The van der Waals surface area contributed by atoms with Gasteiger partial charge in [0.15, 0.2) is 0 Å². The van der Waals surface area contributed by atoms with Gasteiger partial charge in [0.05, 0.1) is 19.0 Å². The van der Waals surface area contributed by atoms with Gasteiger partial charge in [-0.25, -0.2) is 4.98 Å². The molecule has 0 saturated heterocycles. The first-order valence-electron chi connectivity index (χ1n) is 6.37. The number of nitrogens with zero attached hydrogens (tertiary/aromatic N) is 3. The molecule has 0 aliphatic heterocycles. The third-order valence-electron chi connectivity index (χ3n) is 3.08. The van der Waals surface area contributed by atoms with Crippen LogP contribution in [-0.2, 0) is 23.1 Å². The molecule has 0 aliphatic rings. The van der Waals surface area contributed by atoms with E-state index >= 15 is 0 Å². The van der Waals surface area contributed by atoms with E-state index in [1.54, 1.807) is 0 Å². The van der Waals surface area contributed by atoms with Crippen molar-refractivity contribution >= 4 is 11.9 Å². The van der Waals surface area contributed by atoms with Crippen molar-refractivity contribution < 1.29 is 9.53 Å². The first kappa shape index (κ1) is 15.5. The second kappa shape index (κ2) is 6.56. The summed E-state index contributed by atoms with van der Waals surface area (Å²) in [6.45, 7) is 4.56. The SMILES string of the molecule is COC(=O)[C@@H](NCc1cnc(N(C)C)n1C)C(C)C. The Balaban J connectivity index is 2.72. The van der Waals surface area contributed by atoms with Crippen molar-refractivity contribution in [3.63, 3.8) is 0 Å². The van der Waals surface area contributed by atoms with Gasteiger partial charge >= 0.3 is 5.97 Å². The molecule has 0 saturated carbocycles. The largest absolute Gasteiger partial charge is 0.468 e. The van der Waals surface area contributed by atoms with E-state index in [9.17, 15) is 4.79 Å². The van der Waals surface area contributed by atoms with Crippen molar-refractivity contribution in [2.24, 2.45) is 13.0 Å². The number of carbonyl (C=O) groups excluding carboxylic acids is 1. The fourth-order valence-electron chi connectivity index (χ4n) is 1.95. The van der Waals surface area contributed by atoms with Gasteiger partial charge in [-0.3, -0.25) is 10.1 Å². The van der Waals surface area contributed by atoms with Gasteiger partial charge in [-0.05, 0) is 5.92 Å². The van der Waals surface area contributed by atoms with E-state index in [1.807, 2.05) is 50.7 Å². The second-order valence-corrected chi connectivity index (χ2v) is 5.13. The zero-order chi connectivity index (χ0) is 14.6. The van der Waals surface area contributed by atoms with E-state index in [2.05, 4.69) is 10.3 Å². The first-order valence-corrected chi connectivity index (χ1v) is 6.37. The van der Waals surface area contributed by atoms with Crippen LogP contribution in [0.1, 0.15) is 19.5 Å². The molecule has 1 atom stereocenters. The van der Waals surface area contributed by atoms with Crippen molar-refractivity contribution in [1.29, 1.82) is 0 Å². The zero-order valence-corrected chi connectivity index (χ0v) is 12.6. The van der Waals surface area contributed by atoms with Crippen LogP contribution in [0.5, 0.6) is 0 Å². The van der Waals surface area contributed by atoms with E-state index in [0.29, 0.717) is 6.54 Å². The molecule has 0 bridgehead atoms. The maximum absolute atomic E-state index is 11.7. The van der Waals surface area contributed by atoms with Gasteiger partial charge in [-0.1, -0.05) is 13.8 Å². The third-order valence-corrected chi connectivity index (χ3v) is 3.08. The fourth-order valence-corrected chi connectivity index (χ4v) is 1.95. The molecular formula is C13H24N4O2. The van der Waals surface area contributed by atoms with E-state index in [0.717, 1.165) is 11.6 Å². The summed E-state index contributed by atoms with van der Waals surface area (Å²) in [6, 6.07) is -0.303. The van der Waals surface area contributed by atoms with Gasteiger partial charge in [-0.2, -0.15) is 0 Å². The number of aromatic nitrogens is 2. The second-order valence-electron chi connectivity index (χ2n) is 5.13. The molecule has 0 fully saturated rings. The van der Waals surface area contributed by atoms with Gasteiger partial charge < -0.3 is 14.2 Å². The Labute approximate surface area is 114 Å². The van der Waals surface area contributed by atoms with Gasteiger partial charge in [0.25, 0.3) is 0 Å². The summed E-state index contributed by atoms with van der Waals surface area (Å²) in [5.74, 6) is 0.829.